The lowest BCUT2D eigenvalue weighted by Crippen LogP contribution is -2.02. The van der Waals surface area contributed by atoms with Gasteiger partial charge in [0.25, 0.3) is 0 Å². The molecule has 1 atom stereocenters. The summed E-state index contributed by atoms with van der Waals surface area (Å²) in [6.45, 7) is 2.72. The zero-order chi connectivity index (χ0) is 13.3. The van der Waals surface area contributed by atoms with Crippen molar-refractivity contribution in [3.05, 3.63) is 41.2 Å². The molecule has 1 unspecified atom stereocenters. The van der Waals surface area contributed by atoms with Gasteiger partial charge < -0.3 is 0 Å². The topological polar surface area (TPSA) is 17.8 Å². The smallest absolute Gasteiger partial charge is 0.154 e. The summed E-state index contributed by atoms with van der Waals surface area (Å²) in [5.74, 6) is 0. The van der Waals surface area contributed by atoms with E-state index in [4.69, 9.17) is 0 Å². The number of hydrogen-bond acceptors (Lipinski definition) is 1. The monoisotopic (exact) mass is 250 g/mol. The summed E-state index contributed by atoms with van der Waals surface area (Å²) in [7, 11) is 1.80. The Kier molecular flexibility index (Phi) is 3.45. The van der Waals surface area contributed by atoms with Crippen LogP contribution in [0.5, 0.6) is 0 Å². The molecule has 4 heteroatoms. The Morgan fingerprint density at radius 3 is 2.61 bits per heavy atom. The molecule has 0 N–H and O–H groups in total. The van der Waals surface area contributed by atoms with Gasteiger partial charge in [-0.2, -0.15) is 5.10 Å². The van der Waals surface area contributed by atoms with E-state index in [9.17, 15) is 8.78 Å². The second-order valence-corrected chi connectivity index (χ2v) is 4.49. The van der Waals surface area contributed by atoms with Crippen molar-refractivity contribution >= 4 is 0 Å². The first-order valence-electron chi connectivity index (χ1n) is 5.83. The van der Waals surface area contributed by atoms with Gasteiger partial charge in [0.15, 0.2) is 6.17 Å². The van der Waals surface area contributed by atoms with Gasteiger partial charge in [0.05, 0.1) is 6.20 Å². The summed E-state index contributed by atoms with van der Waals surface area (Å²) in [5, 5.41) is 4.07. The molecule has 0 aliphatic rings. The maximum Gasteiger partial charge on any atom is 0.154 e. The minimum atomic E-state index is -1.58. The molecule has 0 aliphatic heterocycles. The predicted octanol–water partition coefficient (Wildman–Crippen LogP) is 3.68. The van der Waals surface area contributed by atoms with Gasteiger partial charge in [-0.1, -0.05) is 12.1 Å². The molecule has 18 heavy (non-hydrogen) atoms. The van der Waals surface area contributed by atoms with Crippen LogP contribution in [0, 0.1) is 13.8 Å². The molecule has 0 bridgehead atoms. The fourth-order valence-corrected chi connectivity index (χ4v) is 2.13. The Morgan fingerprint density at radius 2 is 2.06 bits per heavy atom. The van der Waals surface area contributed by atoms with Gasteiger partial charge in [-0.15, -0.1) is 0 Å². The average Bonchev–Trinajstić information content (AvgIpc) is 2.78. The van der Waals surface area contributed by atoms with E-state index in [1.807, 2.05) is 26.0 Å². The van der Waals surface area contributed by atoms with E-state index in [1.165, 1.54) is 0 Å². The van der Waals surface area contributed by atoms with Crippen molar-refractivity contribution in [2.45, 2.75) is 20.0 Å². The highest BCUT2D eigenvalue weighted by atomic mass is 19.2. The van der Waals surface area contributed by atoms with E-state index in [1.54, 1.807) is 24.1 Å². The molecule has 2 aromatic rings. The fraction of sp³-hybridized carbons (Fsp3) is 0.357. The standard InChI is InChI=1S/C14H16F2N2/c1-9-4-5-12(11-7-17-18(3)8-11)14(10(9)2)13(16)6-15/h4-5,7-8,13H,6H2,1-3H3. The van der Waals surface area contributed by atoms with Crippen LogP contribution in [0.3, 0.4) is 0 Å². The average molecular weight is 250 g/mol. The summed E-state index contributed by atoms with van der Waals surface area (Å²) < 4.78 is 28.2. The molecule has 96 valence electrons. The molecule has 0 aliphatic carbocycles. The van der Waals surface area contributed by atoms with Crippen LogP contribution in [0.25, 0.3) is 11.1 Å². The van der Waals surface area contributed by atoms with Crippen molar-refractivity contribution in [3.63, 3.8) is 0 Å². The van der Waals surface area contributed by atoms with Crippen molar-refractivity contribution < 1.29 is 8.78 Å². The van der Waals surface area contributed by atoms with Crippen molar-refractivity contribution in [2.75, 3.05) is 6.67 Å². The van der Waals surface area contributed by atoms with Gasteiger partial charge in [0, 0.05) is 18.8 Å². The van der Waals surface area contributed by atoms with E-state index in [2.05, 4.69) is 5.10 Å². The fourth-order valence-electron chi connectivity index (χ4n) is 2.13. The summed E-state index contributed by atoms with van der Waals surface area (Å²) in [5.41, 5.74) is 3.74. The number of halogens is 2. The van der Waals surface area contributed by atoms with Crippen LogP contribution in [0.15, 0.2) is 24.5 Å². The van der Waals surface area contributed by atoms with Crippen LogP contribution >= 0.6 is 0 Å². The molecule has 1 aromatic carbocycles. The first kappa shape index (κ1) is 12.7. The molecule has 2 nitrogen and oxygen atoms in total. The van der Waals surface area contributed by atoms with Gasteiger partial charge in [-0.3, -0.25) is 4.68 Å². The molecular formula is C14H16F2N2. The third kappa shape index (κ3) is 2.15. The summed E-state index contributed by atoms with van der Waals surface area (Å²) in [6.07, 6.45) is 1.89. The highest BCUT2D eigenvalue weighted by Gasteiger charge is 2.19. The molecule has 0 radical (unpaired) electrons. The zero-order valence-corrected chi connectivity index (χ0v) is 10.7. The maximum atomic E-state index is 13.9. The molecule has 0 spiro atoms. The minimum Gasteiger partial charge on any atom is -0.275 e. The number of hydrogen-bond donors (Lipinski definition) is 0. The Labute approximate surface area is 105 Å². The van der Waals surface area contributed by atoms with Crippen LogP contribution in [0.1, 0.15) is 22.9 Å². The molecule has 1 heterocycles. The third-order valence-corrected chi connectivity index (χ3v) is 3.25. The number of aryl methyl sites for hydroxylation is 2. The van der Waals surface area contributed by atoms with Crippen LogP contribution in [0.2, 0.25) is 0 Å². The zero-order valence-electron chi connectivity index (χ0n) is 10.7. The molecule has 2 rings (SSSR count). The number of benzene rings is 1. The van der Waals surface area contributed by atoms with Gasteiger partial charge in [-0.05, 0) is 36.1 Å². The van der Waals surface area contributed by atoms with E-state index in [0.29, 0.717) is 5.56 Å². The lowest BCUT2D eigenvalue weighted by Gasteiger charge is -2.15. The first-order chi connectivity index (χ1) is 8.54. The van der Waals surface area contributed by atoms with E-state index >= 15 is 0 Å². The van der Waals surface area contributed by atoms with Crippen molar-refractivity contribution in [3.8, 4) is 11.1 Å². The number of rotatable bonds is 3. The van der Waals surface area contributed by atoms with E-state index < -0.39 is 12.8 Å². The summed E-state index contributed by atoms with van der Waals surface area (Å²) >= 11 is 0. The largest absolute Gasteiger partial charge is 0.275 e. The number of nitrogens with zero attached hydrogens (tertiary/aromatic N) is 2. The van der Waals surface area contributed by atoms with Gasteiger partial charge in [0.2, 0.25) is 0 Å². The Hall–Kier alpha value is -1.71. The molecule has 0 saturated carbocycles. The highest BCUT2D eigenvalue weighted by Crippen LogP contribution is 2.34. The highest BCUT2D eigenvalue weighted by molar-refractivity contribution is 5.69. The predicted molar refractivity (Wildman–Crippen MR) is 67.9 cm³/mol. The maximum absolute atomic E-state index is 13.9. The lowest BCUT2D eigenvalue weighted by atomic mass is 9.92. The SMILES string of the molecule is Cc1ccc(-c2cnn(C)c2)c(C(F)CF)c1C. The summed E-state index contributed by atoms with van der Waals surface area (Å²) in [4.78, 5) is 0. The van der Waals surface area contributed by atoms with Crippen LogP contribution in [-0.4, -0.2) is 16.5 Å². The summed E-state index contributed by atoms with van der Waals surface area (Å²) in [6, 6.07) is 3.75. The Balaban J connectivity index is 2.63. The van der Waals surface area contributed by atoms with Crippen LogP contribution in [0.4, 0.5) is 8.78 Å². The van der Waals surface area contributed by atoms with Crippen molar-refractivity contribution in [1.29, 1.82) is 0 Å². The number of aromatic nitrogens is 2. The normalized spacial score (nSPS) is 12.7. The molecule has 0 amide bonds. The van der Waals surface area contributed by atoms with Gasteiger partial charge in [-0.25, -0.2) is 8.78 Å². The molecule has 0 saturated heterocycles. The molecule has 0 fully saturated rings. The Bertz CT molecular complexity index is 561. The number of alkyl halides is 2. The third-order valence-electron chi connectivity index (χ3n) is 3.25. The Morgan fingerprint density at radius 1 is 1.33 bits per heavy atom. The second kappa shape index (κ2) is 4.88. The molecular weight excluding hydrogens is 234 g/mol. The lowest BCUT2D eigenvalue weighted by molar-refractivity contribution is 0.266. The van der Waals surface area contributed by atoms with E-state index in [0.717, 1.165) is 22.3 Å². The van der Waals surface area contributed by atoms with Crippen LogP contribution in [-0.2, 0) is 7.05 Å². The quantitative estimate of drug-likeness (QED) is 0.812. The molecule has 1 aromatic heterocycles. The minimum absolute atomic E-state index is 0.436. The van der Waals surface area contributed by atoms with Gasteiger partial charge in [0.1, 0.15) is 6.67 Å². The first-order valence-corrected chi connectivity index (χ1v) is 5.83. The van der Waals surface area contributed by atoms with Crippen molar-refractivity contribution in [1.82, 2.24) is 9.78 Å². The van der Waals surface area contributed by atoms with Crippen molar-refractivity contribution in [2.24, 2.45) is 7.05 Å². The van der Waals surface area contributed by atoms with Crippen LogP contribution < -0.4 is 0 Å². The second-order valence-electron chi connectivity index (χ2n) is 4.49. The van der Waals surface area contributed by atoms with E-state index in [-0.39, 0.29) is 0 Å². The van der Waals surface area contributed by atoms with Gasteiger partial charge >= 0.3 is 0 Å².